The van der Waals surface area contributed by atoms with Gasteiger partial charge in [0.1, 0.15) is 48.3 Å². The van der Waals surface area contributed by atoms with Crippen molar-refractivity contribution >= 4 is 65.4 Å². The van der Waals surface area contributed by atoms with Gasteiger partial charge in [0.15, 0.2) is 0 Å². The first-order valence-electron chi connectivity index (χ1n) is 29.6. The van der Waals surface area contributed by atoms with Gasteiger partial charge in [0.2, 0.25) is 53.2 Å². The van der Waals surface area contributed by atoms with Crippen LogP contribution in [0.25, 0.3) is 0 Å². The van der Waals surface area contributed by atoms with Crippen LogP contribution in [0.4, 0.5) is 0 Å². The van der Waals surface area contributed by atoms with Crippen LogP contribution in [-0.4, -0.2) is 209 Å². The van der Waals surface area contributed by atoms with Crippen LogP contribution >= 0.6 is 0 Å². The first kappa shape index (κ1) is 83.8. The van der Waals surface area contributed by atoms with Crippen molar-refractivity contribution in [2.45, 2.75) is 217 Å². The number of carbonyl (C=O) groups is 10. The minimum Gasteiger partial charge on any atom is -0.540 e. The van der Waals surface area contributed by atoms with Gasteiger partial charge in [0, 0.05) is 63.4 Å². The number of aliphatic hydroxyl groups is 1. The van der Waals surface area contributed by atoms with E-state index in [1.54, 1.807) is 41.5 Å². The molecule has 0 bridgehead atoms. The number of hydrogen-bond donors (Lipinski definition) is 5. The van der Waals surface area contributed by atoms with Crippen molar-refractivity contribution in [1.29, 1.82) is 0 Å². The Morgan fingerprint density at radius 1 is 0.518 bits per heavy atom. The van der Waals surface area contributed by atoms with Crippen molar-refractivity contribution < 1.29 is 78.9 Å². The van der Waals surface area contributed by atoms with Crippen molar-refractivity contribution in [3.05, 3.63) is 26.0 Å². The third kappa shape index (κ3) is 27.1. The molecular weight excluding hydrogens is 1270 g/mol. The molecule has 0 heterocycles. The van der Waals surface area contributed by atoms with Gasteiger partial charge in [-0.1, -0.05) is 121 Å². The van der Waals surface area contributed by atoms with Crippen LogP contribution < -0.4 is 21.3 Å². The molecule has 494 valence electrons. The smallest absolute Gasteiger partial charge is 0.245 e. The van der Waals surface area contributed by atoms with Gasteiger partial charge in [-0.05, 0) is 101 Å². The van der Waals surface area contributed by atoms with E-state index >= 15 is 0 Å². The Morgan fingerprint density at radius 2 is 0.929 bits per heavy atom. The summed E-state index contributed by atoms with van der Waals surface area (Å²) in [7, 11) is 8.75. The second-order valence-corrected chi connectivity index (χ2v) is 25.0. The molecule has 5 N–H and O–H groups in total. The molecule has 0 aliphatic carbocycles. The molecule has 10 amide bonds. The van der Waals surface area contributed by atoms with Gasteiger partial charge in [0.05, 0.1) is 12.5 Å². The molecule has 0 aliphatic rings. The summed E-state index contributed by atoms with van der Waals surface area (Å²) in [6.07, 6.45) is 7.34. The zero-order valence-electron chi connectivity index (χ0n) is 55.9. The largest absolute Gasteiger partial charge is 0.540 e. The fourth-order valence-corrected chi connectivity index (χ4v) is 9.51. The van der Waals surface area contributed by atoms with Gasteiger partial charge in [-0.15, -0.1) is 0 Å². The van der Waals surface area contributed by atoms with Crippen molar-refractivity contribution in [3.8, 4) is 0 Å². The van der Waals surface area contributed by atoms with E-state index in [-0.39, 0.29) is 96.1 Å². The van der Waals surface area contributed by atoms with E-state index < -0.39 is 132 Å². The monoisotopic (exact) mass is 1380 g/mol. The van der Waals surface area contributed by atoms with Crippen LogP contribution in [0.15, 0.2) is 12.2 Å². The Bertz CT molecular complexity index is 2190. The number of rotatable bonds is 36. The number of amides is 10. The molecule has 0 fully saturated rings. The van der Waals surface area contributed by atoms with Gasteiger partial charge < -0.3 is 72.8 Å². The first-order valence-corrected chi connectivity index (χ1v) is 29.6. The van der Waals surface area contributed by atoms with E-state index in [9.17, 15) is 57.8 Å². The molecule has 23 heteroatoms. The van der Waals surface area contributed by atoms with Gasteiger partial charge in [-0.25, -0.2) is 6.29 Å². The topological polar surface area (TPSA) is 276 Å². The molecule has 11 atom stereocenters. The molecule has 0 rings (SSSR count). The predicted octanol–water partition coefficient (Wildman–Crippen LogP) is 4.19. The average molecular weight is 1380 g/mol. The van der Waals surface area contributed by atoms with E-state index in [1.807, 2.05) is 80.8 Å². The second-order valence-electron chi connectivity index (χ2n) is 25.0. The summed E-state index contributed by atoms with van der Waals surface area (Å²) in [5, 5.41) is 21.3. The first-order chi connectivity index (χ1) is 38.3. The van der Waals surface area contributed by atoms with Crippen molar-refractivity contribution in [2.24, 2.45) is 41.4 Å². The Kier molecular flexibility index (Phi) is 39.6. The standard InChI is InChI=1S/C61H108N10O12.CH3.Pt/c1-24-26-27-41(15)50(73)32-51(74)64-44(25-2)58(80)66(18)33-52(75)67(19)45(28-35(3)4)56(78)65-53(40(13)14)61(83)68(20)46(29-36(5)6)55(77)62-42(16)54(76)63-43(17)57(79)69(21)47(30-37(7)8)59(81)70(22)48(31-38(9)10)60(82)71(23)49(34-72)39(11)12;;/h24,26,32,35-50,53,73H,25,27-31,33H2,1-23H3,(H,62,77)(H,63,76)(H,64,74)(H,65,78);1H3;/q-2;-1;/b26-24+;;/t41?,42-,43+,44-,45-,46-,47-,48-,49+,50-,53-;;/m0../s1. The quantitative estimate of drug-likeness (QED) is 0.0437. The van der Waals surface area contributed by atoms with E-state index in [4.69, 9.17) is 0 Å². The van der Waals surface area contributed by atoms with E-state index in [1.165, 1.54) is 80.6 Å². The SMILES string of the molecule is C/C=C/CC(C)[C@@H](O)[CH-]C(=O)N[C@@H](CC)C(=O)N(C)CC(=O)N(C)[C@@H](CC(C)C)C(=O)N[C@H](C(=O)N(C)[C@@H](CC(C)C)C(=O)N[C@@H](C)C(=O)N[C@H](C)C(=O)N(C)[C@@H](CC(C)C)C(=O)N(C)[C@@H](CC(C)C)C(=O)N(C)[C@H]([C-]=O)C(C)C)C(C)C.[CH3-].[Pt]. The number of nitrogens with zero attached hydrogens (tertiary/aromatic N) is 6. The molecule has 22 nitrogen and oxygen atoms in total. The number of allylic oxidation sites excluding steroid dienone is 2. The summed E-state index contributed by atoms with van der Waals surface area (Å²) in [5.41, 5.74) is 0. The van der Waals surface area contributed by atoms with Crippen LogP contribution in [-0.2, 0) is 73.8 Å². The molecule has 0 saturated carbocycles. The maximum Gasteiger partial charge on any atom is 0.245 e. The third-order valence-electron chi connectivity index (χ3n) is 14.9. The van der Waals surface area contributed by atoms with Gasteiger partial charge >= 0.3 is 0 Å². The minimum absolute atomic E-state index is 0. The van der Waals surface area contributed by atoms with Crippen LogP contribution in [0.3, 0.4) is 0 Å². The van der Waals surface area contributed by atoms with Crippen molar-refractivity contribution in [3.63, 3.8) is 0 Å². The predicted molar refractivity (Wildman–Crippen MR) is 328 cm³/mol. The molecule has 0 radical (unpaired) electrons. The van der Waals surface area contributed by atoms with Crippen LogP contribution in [0.2, 0.25) is 0 Å². The fourth-order valence-electron chi connectivity index (χ4n) is 9.51. The summed E-state index contributed by atoms with van der Waals surface area (Å²) < 4.78 is 0. The average Bonchev–Trinajstić information content (AvgIpc) is 3.58. The number of nitrogens with one attached hydrogen (secondary N) is 4. The normalized spacial score (nSPS) is 15.3. The van der Waals surface area contributed by atoms with Crippen LogP contribution in [0.1, 0.15) is 156 Å². The maximum atomic E-state index is 14.5. The van der Waals surface area contributed by atoms with Crippen LogP contribution in [0, 0.1) is 55.3 Å². The summed E-state index contributed by atoms with van der Waals surface area (Å²) in [6.45, 7) is 29.9. The number of hydrogen-bond acceptors (Lipinski definition) is 12. The Balaban J connectivity index is -0.0000336. The van der Waals surface area contributed by atoms with Gasteiger partial charge in [0.25, 0.3) is 0 Å². The Labute approximate surface area is 525 Å². The molecule has 1 unspecified atom stereocenters. The van der Waals surface area contributed by atoms with Gasteiger partial charge in [-0.3, -0.25) is 49.6 Å². The molecule has 0 aromatic rings. The molecule has 0 saturated heterocycles. The molecule has 0 spiro atoms. The van der Waals surface area contributed by atoms with Crippen molar-refractivity contribution in [1.82, 2.24) is 50.7 Å². The van der Waals surface area contributed by atoms with Crippen LogP contribution in [0.5, 0.6) is 0 Å². The number of carbonyl (C=O) groups excluding carboxylic acids is 11. The summed E-state index contributed by atoms with van der Waals surface area (Å²) >= 11 is 0. The summed E-state index contributed by atoms with van der Waals surface area (Å²) in [5.74, 6) is -7.26. The minimum atomic E-state index is -1.22. The molecular formula is C62H111N10O12Pt-3. The number of likely N-dealkylation sites (N-methyl/N-ethyl adjacent to an activating group) is 6. The van der Waals surface area contributed by atoms with E-state index in [2.05, 4.69) is 21.3 Å². The van der Waals surface area contributed by atoms with Gasteiger partial charge in [-0.2, -0.15) is 0 Å². The van der Waals surface area contributed by atoms with Crippen molar-refractivity contribution in [2.75, 3.05) is 48.8 Å². The second kappa shape index (κ2) is 40.2. The fraction of sp³-hybridized carbons (Fsp3) is 0.758. The maximum absolute atomic E-state index is 14.5. The number of aliphatic hydroxyl groups excluding tert-OH is 1. The molecule has 0 aromatic heterocycles. The summed E-state index contributed by atoms with van der Waals surface area (Å²) in [6, 6.07) is -9.62. The zero-order valence-corrected chi connectivity index (χ0v) is 58.2. The van der Waals surface area contributed by atoms with E-state index in [0.717, 1.165) is 11.3 Å². The molecule has 0 aromatic carbocycles. The Hall–Kier alpha value is -5.37. The molecule has 0 aliphatic heterocycles. The Morgan fingerprint density at radius 3 is 1.35 bits per heavy atom. The summed E-state index contributed by atoms with van der Waals surface area (Å²) in [4.78, 5) is 159. The third-order valence-corrected chi connectivity index (χ3v) is 14.9. The molecule has 85 heavy (non-hydrogen) atoms. The zero-order chi connectivity index (χ0) is 64.7. The van der Waals surface area contributed by atoms with E-state index in [0.29, 0.717) is 6.42 Å².